The van der Waals surface area contributed by atoms with Gasteiger partial charge in [-0.05, 0) is 0 Å². The normalized spacial score (nSPS) is 16.7. The van der Waals surface area contributed by atoms with Gasteiger partial charge in [-0.3, -0.25) is 0 Å². The number of hydrogen-bond donors (Lipinski definition) is 11. The minimum Gasteiger partial charge on any atom is -0.409 e. The molecule has 0 aliphatic carbocycles. The van der Waals surface area contributed by atoms with Crippen LogP contribution in [0.15, 0.2) is 25.8 Å². The molecule has 4 atom stereocenters. The number of hydrogen-bond acceptors (Lipinski definition) is 16. The summed E-state index contributed by atoms with van der Waals surface area (Å²) in [5, 5.41) is 69.0. The van der Waals surface area contributed by atoms with Crippen LogP contribution in [0.1, 0.15) is 32.1 Å². The standard InChI is InChI=1S/C21H44N10O11/c22-15(27-33)1-6-38-12-14(40-8-3-17(24)29-35)21(42-10-5-19(26)31-37)20(41-9-4-18(25)30-36)13(11-32)39-7-2-16(23)28-34/h13-14,20-21,32-37H,1-12H2,(H2,22,27)(H2,23,28)(H2,24,29)(H2,25,30)(H2,26,31). The molecule has 0 bridgehead atoms. The number of aliphatic hydroxyl groups excluding tert-OH is 1. The third kappa shape index (κ3) is 17.0. The van der Waals surface area contributed by atoms with Crippen molar-refractivity contribution in [2.24, 2.45) is 54.4 Å². The molecule has 0 amide bonds. The minimum atomic E-state index is -1.12. The van der Waals surface area contributed by atoms with Crippen LogP contribution in [0.4, 0.5) is 0 Å². The average Bonchev–Trinajstić information content (AvgIpc) is 3.00. The fraction of sp³-hybridized carbons (Fsp3) is 0.762. The van der Waals surface area contributed by atoms with Crippen molar-refractivity contribution in [2.45, 2.75) is 56.5 Å². The number of amidine groups is 5. The highest BCUT2D eigenvalue weighted by Crippen LogP contribution is 2.20. The van der Waals surface area contributed by atoms with E-state index in [0.717, 1.165) is 0 Å². The van der Waals surface area contributed by atoms with Crippen molar-refractivity contribution < 1.29 is 54.8 Å². The van der Waals surface area contributed by atoms with Crippen LogP contribution in [-0.4, -0.2) is 131 Å². The second-order valence-electron chi connectivity index (χ2n) is 8.45. The maximum atomic E-state index is 10.2. The van der Waals surface area contributed by atoms with E-state index in [1.165, 1.54) is 0 Å². The second-order valence-corrected chi connectivity index (χ2v) is 8.45. The van der Waals surface area contributed by atoms with Crippen molar-refractivity contribution in [3.63, 3.8) is 0 Å². The number of nitrogens with zero attached hydrogens (tertiary/aromatic N) is 5. The van der Waals surface area contributed by atoms with E-state index in [1.54, 1.807) is 0 Å². The molecule has 0 aliphatic rings. The molecule has 0 rings (SSSR count). The van der Waals surface area contributed by atoms with Gasteiger partial charge in [0.15, 0.2) is 0 Å². The molecule has 0 spiro atoms. The molecule has 21 heteroatoms. The van der Waals surface area contributed by atoms with E-state index in [2.05, 4.69) is 25.8 Å². The zero-order chi connectivity index (χ0) is 31.8. The van der Waals surface area contributed by atoms with Crippen LogP contribution in [-0.2, 0) is 23.7 Å². The Morgan fingerprint density at radius 3 is 1.14 bits per heavy atom. The van der Waals surface area contributed by atoms with Gasteiger partial charge in [0, 0.05) is 32.1 Å². The molecule has 0 saturated carbocycles. The highest BCUT2D eigenvalue weighted by molar-refractivity contribution is 5.80. The van der Waals surface area contributed by atoms with Crippen LogP contribution in [0, 0.1) is 0 Å². The predicted octanol–water partition coefficient (Wildman–Crippen LogP) is -2.78. The molecule has 42 heavy (non-hydrogen) atoms. The lowest BCUT2D eigenvalue weighted by molar-refractivity contribution is -0.192. The lowest BCUT2D eigenvalue weighted by Gasteiger charge is -2.37. The maximum Gasteiger partial charge on any atom is 0.141 e. The summed E-state index contributed by atoms with van der Waals surface area (Å²) >= 11 is 0. The van der Waals surface area contributed by atoms with Crippen LogP contribution in [0.2, 0.25) is 0 Å². The number of ether oxygens (including phenoxy) is 5. The fourth-order valence-corrected chi connectivity index (χ4v) is 3.17. The zero-order valence-electron chi connectivity index (χ0n) is 23.1. The van der Waals surface area contributed by atoms with Crippen molar-refractivity contribution in [2.75, 3.05) is 46.2 Å². The quantitative estimate of drug-likeness (QED) is 0.0163. The molecule has 0 aliphatic heterocycles. The Kier molecular flexibility index (Phi) is 21.6. The third-order valence-corrected chi connectivity index (χ3v) is 5.38. The van der Waals surface area contributed by atoms with E-state index in [9.17, 15) is 5.11 Å². The molecule has 0 heterocycles. The Morgan fingerprint density at radius 2 is 0.786 bits per heavy atom. The first-order valence-electron chi connectivity index (χ1n) is 12.6. The Labute approximate surface area is 241 Å². The van der Waals surface area contributed by atoms with Gasteiger partial charge in [-0.2, -0.15) is 0 Å². The van der Waals surface area contributed by atoms with Gasteiger partial charge in [0.25, 0.3) is 0 Å². The largest absolute Gasteiger partial charge is 0.409 e. The molecule has 0 saturated heterocycles. The first kappa shape index (κ1) is 38.1. The number of nitrogens with two attached hydrogens (primary N) is 5. The lowest BCUT2D eigenvalue weighted by Crippen LogP contribution is -2.53. The van der Waals surface area contributed by atoms with Crippen LogP contribution in [0.5, 0.6) is 0 Å². The monoisotopic (exact) mass is 612 g/mol. The second kappa shape index (κ2) is 23.8. The summed E-state index contributed by atoms with van der Waals surface area (Å²) < 4.78 is 29.4. The van der Waals surface area contributed by atoms with Crippen molar-refractivity contribution in [3.8, 4) is 0 Å². The first-order valence-corrected chi connectivity index (χ1v) is 12.6. The molecule has 244 valence electrons. The molecule has 0 aromatic rings. The summed E-state index contributed by atoms with van der Waals surface area (Å²) in [5.74, 6) is -0.575. The number of oxime groups is 5. The van der Waals surface area contributed by atoms with Gasteiger partial charge in [0.2, 0.25) is 0 Å². The number of aliphatic hydroxyl groups is 1. The van der Waals surface area contributed by atoms with E-state index < -0.39 is 31.0 Å². The van der Waals surface area contributed by atoms with E-state index in [-0.39, 0.29) is 101 Å². The Hall–Kier alpha value is -3.89. The molecule has 0 fully saturated rings. The Morgan fingerprint density at radius 1 is 0.476 bits per heavy atom. The smallest absolute Gasteiger partial charge is 0.141 e. The van der Waals surface area contributed by atoms with Gasteiger partial charge >= 0.3 is 0 Å². The summed E-state index contributed by atoms with van der Waals surface area (Å²) in [5.41, 5.74) is 27.7. The van der Waals surface area contributed by atoms with Crippen molar-refractivity contribution in [1.82, 2.24) is 0 Å². The molecule has 0 aromatic carbocycles. The summed E-state index contributed by atoms with van der Waals surface area (Å²) in [6.45, 7) is -1.15. The van der Waals surface area contributed by atoms with Gasteiger partial charge in [-0.1, -0.05) is 25.8 Å². The first-order chi connectivity index (χ1) is 20.2. The molecule has 16 N–H and O–H groups in total. The molecule has 0 radical (unpaired) electrons. The van der Waals surface area contributed by atoms with Crippen LogP contribution < -0.4 is 28.7 Å². The van der Waals surface area contributed by atoms with Crippen LogP contribution >= 0.6 is 0 Å². The molecule has 0 aromatic heterocycles. The topological polar surface area (TPSA) is 359 Å². The lowest BCUT2D eigenvalue weighted by atomic mass is 10.0. The highest BCUT2D eigenvalue weighted by atomic mass is 16.6. The van der Waals surface area contributed by atoms with Crippen molar-refractivity contribution in [1.29, 1.82) is 0 Å². The fourth-order valence-electron chi connectivity index (χ4n) is 3.17. The Balaban J connectivity index is 6.28. The van der Waals surface area contributed by atoms with E-state index in [0.29, 0.717) is 0 Å². The molecule has 21 nitrogen and oxygen atoms in total. The minimum absolute atomic E-state index is 0.00943. The molecule has 4 unspecified atom stereocenters. The predicted molar refractivity (Wildman–Crippen MR) is 147 cm³/mol. The molecular formula is C21H44N10O11. The third-order valence-electron chi connectivity index (χ3n) is 5.38. The van der Waals surface area contributed by atoms with Crippen molar-refractivity contribution >= 4 is 29.2 Å². The summed E-state index contributed by atoms with van der Waals surface area (Å²) in [6, 6.07) is 0. The van der Waals surface area contributed by atoms with Crippen LogP contribution in [0.25, 0.3) is 0 Å². The number of rotatable bonds is 25. The van der Waals surface area contributed by atoms with Gasteiger partial charge < -0.3 is 83.5 Å². The highest BCUT2D eigenvalue weighted by Gasteiger charge is 2.38. The summed E-state index contributed by atoms with van der Waals surface area (Å²) in [4.78, 5) is 0. The van der Waals surface area contributed by atoms with Crippen LogP contribution in [0.3, 0.4) is 0 Å². The van der Waals surface area contributed by atoms with E-state index in [4.69, 9.17) is 78.4 Å². The Bertz CT molecular complexity index is 876. The van der Waals surface area contributed by atoms with E-state index >= 15 is 0 Å². The van der Waals surface area contributed by atoms with Gasteiger partial charge in [-0.15, -0.1) is 0 Å². The maximum absolute atomic E-state index is 10.2. The average molecular weight is 613 g/mol. The SMILES string of the molecule is NC(CCOCC(OCCC(N)=NO)C(OCCC(N)=NO)C(OCCC(N)=NO)C(CO)OCCC(N)=NO)=NO. The van der Waals surface area contributed by atoms with Crippen molar-refractivity contribution in [3.05, 3.63) is 0 Å². The van der Waals surface area contributed by atoms with Gasteiger partial charge in [-0.25, -0.2) is 0 Å². The van der Waals surface area contributed by atoms with Gasteiger partial charge in [0.1, 0.15) is 53.6 Å². The van der Waals surface area contributed by atoms with Gasteiger partial charge in [0.05, 0.1) is 46.2 Å². The van der Waals surface area contributed by atoms with E-state index in [1.807, 2.05) is 0 Å². The summed E-state index contributed by atoms with van der Waals surface area (Å²) in [6.07, 6.45) is -4.22. The summed E-state index contributed by atoms with van der Waals surface area (Å²) in [7, 11) is 0. The molecular weight excluding hydrogens is 568 g/mol. The zero-order valence-corrected chi connectivity index (χ0v) is 23.1.